The fourth-order valence-electron chi connectivity index (χ4n) is 1.73. The normalized spacial score (nSPS) is 10.2. The molecule has 0 saturated heterocycles. The zero-order valence-corrected chi connectivity index (χ0v) is 12.1. The van der Waals surface area contributed by atoms with Crippen LogP contribution < -0.4 is 10.1 Å². The van der Waals surface area contributed by atoms with Gasteiger partial charge in [-0.2, -0.15) is 5.26 Å². The molecule has 3 nitrogen and oxygen atoms in total. The van der Waals surface area contributed by atoms with Crippen LogP contribution in [-0.2, 0) is 0 Å². The summed E-state index contributed by atoms with van der Waals surface area (Å²) in [6, 6.07) is 14.9. The minimum absolute atomic E-state index is 0.154. The number of hydrogen-bond acceptors (Lipinski definition) is 3. The molecule has 2 aromatic carbocycles. The van der Waals surface area contributed by atoms with Crippen molar-refractivity contribution >= 4 is 23.0 Å². The fourth-order valence-corrected chi connectivity index (χ4v) is 1.96. The van der Waals surface area contributed by atoms with E-state index < -0.39 is 0 Å². The molecule has 4 heteroatoms. The maximum Gasteiger partial charge on any atom is 0.119 e. The van der Waals surface area contributed by atoms with Gasteiger partial charge in [-0.25, -0.2) is 0 Å². The van der Waals surface area contributed by atoms with E-state index >= 15 is 0 Å². The van der Waals surface area contributed by atoms with E-state index in [2.05, 4.69) is 11.4 Å². The highest BCUT2D eigenvalue weighted by Crippen LogP contribution is 2.27. The average molecular weight is 287 g/mol. The van der Waals surface area contributed by atoms with E-state index in [4.69, 9.17) is 21.6 Å². The van der Waals surface area contributed by atoms with E-state index in [9.17, 15) is 0 Å². The van der Waals surface area contributed by atoms with Crippen LogP contribution in [0.25, 0.3) is 0 Å². The molecule has 0 radical (unpaired) electrons. The number of halogens is 1. The first-order chi connectivity index (χ1) is 9.58. The molecule has 0 spiro atoms. The second-order valence-electron chi connectivity index (χ2n) is 4.62. The molecule has 0 aliphatic carbocycles. The van der Waals surface area contributed by atoms with Gasteiger partial charge in [0.1, 0.15) is 5.75 Å². The lowest BCUT2D eigenvalue weighted by atomic mass is 10.2. The van der Waals surface area contributed by atoms with E-state index in [0.717, 1.165) is 17.1 Å². The molecule has 0 unspecified atom stereocenters. The quantitative estimate of drug-likeness (QED) is 0.883. The fraction of sp³-hybridized carbons (Fsp3) is 0.188. The van der Waals surface area contributed by atoms with Crippen molar-refractivity contribution in [2.45, 2.75) is 20.0 Å². The lowest BCUT2D eigenvalue weighted by Crippen LogP contribution is -2.05. The van der Waals surface area contributed by atoms with E-state index in [1.807, 2.05) is 38.1 Å². The number of nitrogens with zero attached hydrogens (tertiary/aromatic N) is 1. The van der Waals surface area contributed by atoms with Gasteiger partial charge < -0.3 is 10.1 Å². The van der Waals surface area contributed by atoms with Gasteiger partial charge in [0.25, 0.3) is 0 Å². The number of rotatable bonds is 4. The minimum atomic E-state index is 0.154. The summed E-state index contributed by atoms with van der Waals surface area (Å²) in [6.07, 6.45) is 0.154. The van der Waals surface area contributed by atoms with Crippen molar-refractivity contribution < 1.29 is 4.74 Å². The highest BCUT2D eigenvalue weighted by molar-refractivity contribution is 6.33. The van der Waals surface area contributed by atoms with Gasteiger partial charge in [0.05, 0.1) is 28.4 Å². The second-order valence-corrected chi connectivity index (χ2v) is 5.03. The first-order valence-corrected chi connectivity index (χ1v) is 6.69. The summed E-state index contributed by atoms with van der Waals surface area (Å²) in [5.74, 6) is 0.830. The first kappa shape index (κ1) is 14.2. The van der Waals surface area contributed by atoms with Crippen LogP contribution in [0.4, 0.5) is 11.4 Å². The Balaban J connectivity index is 2.12. The Morgan fingerprint density at radius 2 is 1.85 bits per heavy atom. The van der Waals surface area contributed by atoms with Crippen LogP contribution >= 0.6 is 11.6 Å². The Kier molecular flexibility index (Phi) is 4.49. The molecule has 0 saturated carbocycles. The first-order valence-electron chi connectivity index (χ1n) is 6.32. The number of nitriles is 1. The van der Waals surface area contributed by atoms with E-state index in [1.165, 1.54) is 0 Å². The van der Waals surface area contributed by atoms with Gasteiger partial charge in [-0.05, 0) is 56.3 Å². The van der Waals surface area contributed by atoms with Crippen LogP contribution in [0.5, 0.6) is 5.75 Å². The molecule has 2 rings (SSSR count). The van der Waals surface area contributed by atoms with Crippen molar-refractivity contribution in [1.29, 1.82) is 5.26 Å². The lowest BCUT2D eigenvalue weighted by Gasteiger charge is -2.12. The standard InChI is InChI=1S/C16H15ClN2O/c1-11(2)20-14-6-4-13(5-7-14)19-16-8-3-12(10-18)9-15(16)17/h3-9,11,19H,1-2H3. The molecule has 102 valence electrons. The van der Waals surface area contributed by atoms with Gasteiger partial charge in [-0.1, -0.05) is 11.6 Å². The Labute approximate surface area is 123 Å². The summed E-state index contributed by atoms with van der Waals surface area (Å²) >= 11 is 6.12. The zero-order chi connectivity index (χ0) is 14.5. The summed E-state index contributed by atoms with van der Waals surface area (Å²) < 4.78 is 5.58. The van der Waals surface area contributed by atoms with Gasteiger partial charge in [0.2, 0.25) is 0 Å². The zero-order valence-electron chi connectivity index (χ0n) is 11.4. The van der Waals surface area contributed by atoms with E-state index in [1.54, 1.807) is 18.2 Å². The van der Waals surface area contributed by atoms with Crippen molar-refractivity contribution in [2.24, 2.45) is 0 Å². The lowest BCUT2D eigenvalue weighted by molar-refractivity contribution is 0.242. The predicted molar refractivity (Wildman–Crippen MR) is 81.7 cm³/mol. The van der Waals surface area contributed by atoms with Gasteiger partial charge in [-0.15, -0.1) is 0 Å². The monoisotopic (exact) mass is 286 g/mol. The number of hydrogen-bond donors (Lipinski definition) is 1. The summed E-state index contributed by atoms with van der Waals surface area (Å²) in [4.78, 5) is 0. The van der Waals surface area contributed by atoms with Crippen LogP contribution in [0.1, 0.15) is 19.4 Å². The third-order valence-electron chi connectivity index (χ3n) is 2.60. The Morgan fingerprint density at radius 1 is 1.15 bits per heavy atom. The van der Waals surface area contributed by atoms with Gasteiger partial charge in [0.15, 0.2) is 0 Å². The molecule has 2 aromatic rings. The number of benzene rings is 2. The van der Waals surface area contributed by atoms with Crippen LogP contribution in [0, 0.1) is 11.3 Å². The number of nitrogens with one attached hydrogen (secondary N) is 1. The molecule has 0 aliphatic rings. The maximum absolute atomic E-state index is 8.80. The molecular weight excluding hydrogens is 272 g/mol. The molecule has 0 fully saturated rings. The average Bonchev–Trinajstić information content (AvgIpc) is 2.42. The molecule has 0 aliphatic heterocycles. The molecule has 1 N–H and O–H groups in total. The van der Waals surface area contributed by atoms with Gasteiger partial charge >= 0.3 is 0 Å². The predicted octanol–water partition coefficient (Wildman–Crippen LogP) is 4.74. The van der Waals surface area contributed by atoms with Crippen molar-refractivity contribution in [3.8, 4) is 11.8 Å². The van der Waals surface area contributed by atoms with E-state index in [0.29, 0.717) is 10.6 Å². The van der Waals surface area contributed by atoms with Gasteiger partial charge in [0, 0.05) is 5.69 Å². The summed E-state index contributed by atoms with van der Waals surface area (Å²) in [7, 11) is 0. The Bertz CT molecular complexity index is 630. The molecule has 0 bridgehead atoms. The van der Waals surface area contributed by atoms with Crippen molar-refractivity contribution in [1.82, 2.24) is 0 Å². The summed E-state index contributed by atoms with van der Waals surface area (Å²) in [6.45, 7) is 3.98. The van der Waals surface area contributed by atoms with Crippen molar-refractivity contribution in [3.63, 3.8) is 0 Å². The highest BCUT2D eigenvalue weighted by Gasteiger charge is 2.03. The smallest absolute Gasteiger partial charge is 0.119 e. The summed E-state index contributed by atoms with van der Waals surface area (Å²) in [5, 5.41) is 12.5. The molecule has 0 atom stereocenters. The number of anilines is 2. The number of ether oxygens (including phenoxy) is 1. The second kappa shape index (κ2) is 6.31. The summed E-state index contributed by atoms with van der Waals surface area (Å²) in [5.41, 5.74) is 2.22. The molecule has 0 aromatic heterocycles. The maximum atomic E-state index is 8.80. The van der Waals surface area contributed by atoms with Gasteiger partial charge in [-0.3, -0.25) is 0 Å². The highest BCUT2D eigenvalue weighted by atomic mass is 35.5. The third kappa shape index (κ3) is 3.66. The molecule has 0 amide bonds. The van der Waals surface area contributed by atoms with Crippen molar-refractivity contribution in [3.05, 3.63) is 53.1 Å². The molecule has 0 heterocycles. The topological polar surface area (TPSA) is 45.0 Å². The Morgan fingerprint density at radius 3 is 2.40 bits per heavy atom. The third-order valence-corrected chi connectivity index (χ3v) is 2.92. The minimum Gasteiger partial charge on any atom is -0.491 e. The van der Waals surface area contributed by atoms with Crippen LogP contribution in [0.15, 0.2) is 42.5 Å². The Hall–Kier alpha value is -2.18. The van der Waals surface area contributed by atoms with Crippen LogP contribution in [0.2, 0.25) is 5.02 Å². The van der Waals surface area contributed by atoms with Crippen LogP contribution in [-0.4, -0.2) is 6.10 Å². The van der Waals surface area contributed by atoms with E-state index in [-0.39, 0.29) is 6.10 Å². The SMILES string of the molecule is CC(C)Oc1ccc(Nc2ccc(C#N)cc2Cl)cc1. The largest absolute Gasteiger partial charge is 0.491 e. The molecule has 20 heavy (non-hydrogen) atoms. The molecular formula is C16H15ClN2O. The van der Waals surface area contributed by atoms with Crippen LogP contribution in [0.3, 0.4) is 0 Å². The van der Waals surface area contributed by atoms with Crippen molar-refractivity contribution in [2.75, 3.05) is 5.32 Å².